The molecule has 0 N–H and O–H groups in total. The van der Waals surface area contributed by atoms with E-state index in [-0.39, 0.29) is 11.5 Å². The molecule has 1 saturated heterocycles. The lowest BCUT2D eigenvalue weighted by molar-refractivity contribution is -0.137. The van der Waals surface area contributed by atoms with Crippen molar-refractivity contribution in [1.82, 2.24) is 0 Å². The second kappa shape index (κ2) is 10.2. The average molecular weight is 626 g/mol. The summed E-state index contributed by atoms with van der Waals surface area (Å²) in [4.78, 5) is 46.5. The predicted octanol–water partition coefficient (Wildman–Crippen LogP) is 7.89. The zero-order chi connectivity index (χ0) is 32.6. The van der Waals surface area contributed by atoms with Crippen LogP contribution in [-0.2, 0) is 31.4 Å². The molecule has 4 atom stereocenters. The fraction of sp³-hybridized carbons (Fsp3) is 0.125. The van der Waals surface area contributed by atoms with Gasteiger partial charge in [-0.25, -0.2) is 4.90 Å². The molecule has 3 aliphatic rings. The van der Waals surface area contributed by atoms with Crippen LogP contribution in [-0.4, -0.2) is 17.6 Å². The minimum absolute atomic E-state index is 0.176. The third-order valence-corrected chi connectivity index (χ3v) is 10.0. The van der Waals surface area contributed by atoms with Crippen molar-refractivity contribution in [2.75, 3.05) is 4.90 Å². The topological polar surface area (TPSA) is 54.5 Å². The monoisotopic (exact) mass is 625 g/mol. The first kappa shape index (κ1) is 28.9. The summed E-state index contributed by atoms with van der Waals surface area (Å²) >= 11 is 0. The molecule has 2 aliphatic carbocycles. The standard InChI is InChI=1S/C40H26F3NO3/c41-40(42,43)29-22-13-23-30(24-29)44-35(45)33-34(36(44)46)39(28-20-11-4-12-21-28)32(26-16-7-2-8-17-26)31(25-14-5-1-6-15-25)38(33,37(39)47)27-18-9-3-10-19-27/h1-24,33-34H/t33-,34-,38-,39-/m1/s1. The molecule has 0 unspecified atom stereocenters. The van der Waals surface area contributed by atoms with Gasteiger partial charge in [0.1, 0.15) is 0 Å². The van der Waals surface area contributed by atoms with E-state index in [0.29, 0.717) is 22.3 Å². The molecule has 47 heavy (non-hydrogen) atoms. The van der Waals surface area contributed by atoms with Gasteiger partial charge in [-0.05, 0) is 51.6 Å². The Labute approximate surface area is 268 Å². The highest BCUT2D eigenvalue weighted by Crippen LogP contribution is 2.74. The Kier molecular flexibility index (Phi) is 6.28. The van der Waals surface area contributed by atoms with Crippen LogP contribution in [0.15, 0.2) is 146 Å². The van der Waals surface area contributed by atoms with Crippen LogP contribution in [0.4, 0.5) is 18.9 Å². The third kappa shape index (κ3) is 3.74. The van der Waals surface area contributed by atoms with Crippen molar-refractivity contribution in [1.29, 1.82) is 0 Å². The molecule has 5 aromatic rings. The van der Waals surface area contributed by atoms with Gasteiger partial charge in [0.25, 0.3) is 0 Å². The number of Topliss-reactive ketones (excluding diaryl/α,β-unsaturated/α-hetero) is 1. The Hall–Kier alpha value is -5.56. The summed E-state index contributed by atoms with van der Waals surface area (Å²) < 4.78 is 41.6. The quantitative estimate of drug-likeness (QED) is 0.187. The predicted molar refractivity (Wildman–Crippen MR) is 172 cm³/mol. The average Bonchev–Trinajstić information content (AvgIpc) is 3.61. The molecule has 0 radical (unpaired) electrons. The lowest BCUT2D eigenvalue weighted by Gasteiger charge is -2.39. The lowest BCUT2D eigenvalue weighted by atomic mass is 9.59. The van der Waals surface area contributed by atoms with E-state index in [1.165, 1.54) is 12.1 Å². The fourth-order valence-electron chi connectivity index (χ4n) is 8.41. The molecule has 2 fully saturated rings. The number of carbonyl (C=O) groups is 3. The Morgan fingerprint density at radius 2 is 0.915 bits per heavy atom. The Morgan fingerprint density at radius 1 is 0.511 bits per heavy atom. The number of allylic oxidation sites excluding steroid dienone is 2. The van der Waals surface area contributed by atoms with Crippen molar-refractivity contribution >= 4 is 34.4 Å². The van der Waals surface area contributed by atoms with E-state index in [1.54, 1.807) is 48.5 Å². The molecule has 4 nitrogen and oxygen atoms in total. The van der Waals surface area contributed by atoms with Gasteiger partial charge in [-0.1, -0.05) is 127 Å². The first-order valence-electron chi connectivity index (χ1n) is 15.3. The van der Waals surface area contributed by atoms with Gasteiger partial charge in [-0.15, -0.1) is 0 Å². The molecule has 5 aromatic carbocycles. The van der Waals surface area contributed by atoms with Crippen molar-refractivity contribution in [3.63, 3.8) is 0 Å². The third-order valence-electron chi connectivity index (χ3n) is 10.0. The minimum Gasteiger partial charge on any atom is -0.297 e. The number of nitrogens with zero attached hydrogens (tertiary/aromatic N) is 1. The number of carbonyl (C=O) groups excluding carboxylic acids is 3. The molecule has 230 valence electrons. The summed E-state index contributed by atoms with van der Waals surface area (Å²) in [7, 11) is 0. The molecular weight excluding hydrogens is 599 g/mol. The number of hydrogen-bond acceptors (Lipinski definition) is 3. The molecule has 1 heterocycles. The van der Waals surface area contributed by atoms with Gasteiger partial charge < -0.3 is 0 Å². The number of fused-ring (bicyclic) bond motifs is 5. The van der Waals surface area contributed by atoms with Gasteiger partial charge in [0, 0.05) is 0 Å². The summed E-state index contributed by atoms with van der Waals surface area (Å²) in [5.74, 6) is -4.13. The highest BCUT2D eigenvalue weighted by molar-refractivity contribution is 6.39. The number of alkyl halides is 3. The Balaban J connectivity index is 1.52. The van der Waals surface area contributed by atoms with E-state index in [2.05, 4.69) is 0 Å². The number of amides is 2. The molecule has 2 amide bonds. The zero-order valence-corrected chi connectivity index (χ0v) is 24.8. The maximum absolute atomic E-state index is 15.8. The number of imide groups is 1. The van der Waals surface area contributed by atoms with Crippen LogP contribution in [0.3, 0.4) is 0 Å². The summed E-state index contributed by atoms with van der Waals surface area (Å²) in [6.07, 6.45) is -4.69. The SMILES string of the molecule is O=C1[C@H]2[C@H](C(=O)N1c1cccc(C(F)(F)F)c1)[C@]1(c3ccccc3)C(=O)[C@]2(c2ccccc2)C(c2ccccc2)=C1c1ccccc1. The van der Waals surface area contributed by atoms with Gasteiger partial charge in [0.15, 0.2) is 5.78 Å². The number of halogens is 3. The van der Waals surface area contributed by atoms with Gasteiger partial charge in [0.2, 0.25) is 11.8 Å². The van der Waals surface area contributed by atoms with E-state index in [1.807, 2.05) is 72.8 Å². The smallest absolute Gasteiger partial charge is 0.297 e. The van der Waals surface area contributed by atoms with Crippen molar-refractivity contribution < 1.29 is 27.6 Å². The van der Waals surface area contributed by atoms with Crippen LogP contribution < -0.4 is 4.90 Å². The van der Waals surface area contributed by atoms with E-state index in [4.69, 9.17) is 0 Å². The van der Waals surface area contributed by atoms with E-state index in [9.17, 15) is 22.8 Å². The summed E-state index contributed by atoms with van der Waals surface area (Å²) in [6, 6.07) is 41.1. The molecule has 8 rings (SSSR count). The lowest BCUT2D eigenvalue weighted by Crippen LogP contribution is -2.45. The Bertz CT molecular complexity index is 1970. The second-order valence-corrected chi connectivity index (χ2v) is 12.2. The van der Waals surface area contributed by atoms with Crippen molar-refractivity contribution in [2.24, 2.45) is 11.8 Å². The Morgan fingerprint density at radius 3 is 1.32 bits per heavy atom. The molecule has 1 saturated carbocycles. The highest BCUT2D eigenvalue weighted by atomic mass is 19.4. The summed E-state index contributed by atoms with van der Waals surface area (Å²) in [5.41, 5.74) is -0.621. The minimum atomic E-state index is -4.69. The van der Waals surface area contributed by atoms with Crippen LogP contribution in [0.1, 0.15) is 27.8 Å². The maximum Gasteiger partial charge on any atom is 0.416 e. The largest absolute Gasteiger partial charge is 0.416 e. The van der Waals surface area contributed by atoms with Crippen LogP contribution in [0.2, 0.25) is 0 Å². The molecule has 1 aliphatic heterocycles. The highest BCUT2D eigenvalue weighted by Gasteiger charge is 2.82. The molecular formula is C40H26F3NO3. The van der Waals surface area contributed by atoms with Gasteiger partial charge in [-0.2, -0.15) is 13.2 Å². The van der Waals surface area contributed by atoms with E-state index >= 15 is 4.79 Å². The molecule has 0 aromatic heterocycles. The molecule has 7 heteroatoms. The molecule has 2 bridgehead atoms. The number of ketones is 1. The number of hydrogen-bond donors (Lipinski definition) is 0. The van der Waals surface area contributed by atoms with Gasteiger partial charge in [-0.3, -0.25) is 14.4 Å². The molecule has 0 spiro atoms. The normalized spacial score (nSPS) is 25.1. The van der Waals surface area contributed by atoms with Crippen molar-refractivity contribution in [3.8, 4) is 0 Å². The van der Waals surface area contributed by atoms with Crippen LogP contribution in [0.5, 0.6) is 0 Å². The van der Waals surface area contributed by atoms with E-state index < -0.39 is 46.2 Å². The van der Waals surface area contributed by atoms with Gasteiger partial charge >= 0.3 is 6.18 Å². The van der Waals surface area contributed by atoms with Crippen LogP contribution in [0.25, 0.3) is 11.1 Å². The summed E-state index contributed by atoms with van der Waals surface area (Å²) in [6.45, 7) is 0. The maximum atomic E-state index is 15.8. The first-order valence-corrected chi connectivity index (χ1v) is 15.3. The zero-order valence-electron chi connectivity index (χ0n) is 24.8. The number of anilines is 1. The fourth-order valence-corrected chi connectivity index (χ4v) is 8.41. The summed E-state index contributed by atoms with van der Waals surface area (Å²) in [5, 5.41) is 0. The number of benzene rings is 5. The van der Waals surface area contributed by atoms with Crippen LogP contribution in [0, 0.1) is 11.8 Å². The second-order valence-electron chi connectivity index (χ2n) is 12.2. The number of rotatable bonds is 5. The van der Waals surface area contributed by atoms with Crippen LogP contribution >= 0.6 is 0 Å². The van der Waals surface area contributed by atoms with Crippen molar-refractivity contribution in [3.05, 3.63) is 173 Å². The van der Waals surface area contributed by atoms with Gasteiger partial charge in [0.05, 0.1) is 33.9 Å². The van der Waals surface area contributed by atoms with Crippen molar-refractivity contribution in [2.45, 2.75) is 17.0 Å². The van der Waals surface area contributed by atoms with E-state index in [0.717, 1.165) is 28.2 Å². The first-order chi connectivity index (χ1) is 22.7.